The number of rotatable bonds is 3. The minimum absolute atomic E-state index is 0.404. The van der Waals surface area contributed by atoms with Gasteiger partial charge in [0, 0.05) is 23.5 Å². The lowest BCUT2D eigenvalue weighted by molar-refractivity contribution is -0.137. The van der Waals surface area contributed by atoms with Crippen LogP contribution < -0.4 is 5.32 Å². The summed E-state index contributed by atoms with van der Waals surface area (Å²) in [6.45, 7) is 0. The number of aromatic nitrogens is 3. The zero-order chi connectivity index (χ0) is 12.5. The Morgan fingerprint density at radius 3 is 2.65 bits per heavy atom. The average molecular weight is 262 g/mol. The van der Waals surface area contributed by atoms with E-state index in [-0.39, 0.29) is 0 Å². The van der Waals surface area contributed by atoms with E-state index in [0.717, 1.165) is 0 Å². The number of nitrogens with one attached hydrogen (secondary N) is 2. The fourth-order valence-electron chi connectivity index (χ4n) is 1.40. The van der Waals surface area contributed by atoms with Crippen molar-refractivity contribution in [2.45, 2.75) is 12.2 Å². The molecule has 0 aromatic carbocycles. The number of hydrogen-bond acceptors (Lipinski definition) is 4. The summed E-state index contributed by atoms with van der Waals surface area (Å²) < 4.78 is 37.2. The van der Waals surface area contributed by atoms with Gasteiger partial charge in [-0.3, -0.25) is 0 Å². The highest BCUT2D eigenvalue weighted by Crippen LogP contribution is 2.35. The van der Waals surface area contributed by atoms with Gasteiger partial charge in [0.1, 0.15) is 11.9 Å². The van der Waals surface area contributed by atoms with Gasteiger partial charge >= 0.3 is 6.18 Å². The first-order chi connectivity index (χ1) is 8.02. The lowest BCUT2D eigenvalue weighted by Gasteiger charge is -2.10. The highest BCUT2D eigenvalue weighted by molar-refractivity contribution is 7.11. The second-order valence-electron chi connectivity index (χ2n) is 3.26. The predicted molar refractivity (Wildman–Crippen MR) is 56.6 cm³/mol. The summed E-state index contributed by atoms with van der Waals surface area (Å²) >= 11 is 0.612. The van der Waals surface area contributed by atoms with Crippen LogP contribution in [0.5, 0.6) is 0 Å². The summed E-state index contributed by atoms with van der Waals surface area (Å²) in [7, 11) is 1.65. The highest BCUT2D eigenvalue weighted by Gasteiger charge is 2.35. The van der Waals surface area contributed by atoms with Gasteiger partial charge in [0.2, 0.25) is 0 Å². The molecular formula is C9H9F3N4S. The molecule has 4 nitrogen and oxygen atoms in total. The molecule has 0 aliphatic carbocycles. The number of alkyl halides is 3. The fourth-order valence-corrected chi connectivity index (χ4v) is 2.30. The Morgan fingerprint density at radius 1 is 1.41 bits per heavy atom. The van der Waals surface area contributed by atoms with E-state index < -0.39 is 17.2 Å². The van der Waals surface area contributed by atoms with E-state index in [1.807, 2.05) is 0 Å². The third-order valence-electron chi connectivity index (χ3n) is 2.13. The molecule has 92 valence electrons. The molecular weight excluding hydrogens is 253 g/mol. The molecule has 8 heteroatoms. The second-order valence-corrected chi connectivity index (χ2v) is 4.32. The van der Waals surface area contributed by atoms with E-state index >= 15 is 0 Å². The maximum Gasteiger partial charge on any atom is 0.443 e. The molecule has 0 aliphatic heterocycles. The number of halogens is 3. The zero-order valence-corrected chi connectivity index (χ0v) is 9.56. The summed E-state index contributed by atoms with van der Waals surface area (Å²) in [5.74, 6) is 0.560. The van der Waals surface area contributed by atoms with Crippen molar-refractivity contribution in [2.24, 2.45) is 0 Å². The molecule has 0 aliphatic rings. The summed E-state index contributed by atoms with van der Waals surface area (Å²) in [6, 6.07) is -0.404. The van der Waals surface area contributed by atoms with E-state index in [4.69, 9.17) is 0 Å². The normalized spacial score (nSPS) is 13.9. The van der Waals surface area contributed by atoms with Crippen molar-refractivity contribution in [3.63, 3.8) is 0 Å². The monoisotopic (exact) mass is 262 g/mol. The van der Waals surface area contributed by atoms with Crippen LogP contribution in [-0.2, 0) is 6.18 Å². The minimum atomic E-state index is -4.40. The van der Waals surface area contributed by atoms with Crippen molar-refractivity contribution >= 4 is 11.3 Å². The van der Waals surface area contributed by atoms with E-state index in [2.05, 4.69) is 20.3 Å². The maximum absolute atomic E-state index is 12.4. The van der Waals surface area contributed by atoms with Gasteiger partial charge in [0.15, 0.2) is 5.01 Å². The second kappa shape index (κ2) is 4.46. The molecule has 0 saturated heterocycles. The topological polar surface area (TPSA) is 53.6 Å². The summed E-state index contributed by atoms with van der Waals surface area (Å²) in [5.41, 5.74) is 0. The first-order valence-electron chi connectivity index (χ1n) is 4.72. The number of H-pyrrole nitrogens is 1. The standard InChI is InChI=1S/C9H9F3N4S/c1-13-6(7-14-2-3-15-7)5-4-16-8(17-5)9(10,11)12/h2-4,6,13H,1H3,(H,14,15). The Balaban J connectivity index is 2.30. The van der Waals surface area contributed by atoms with Crippen molar-refractivity contribution < 1.29 is 13.2 Å². The number of imidazole rings is 1. The molecule has 0 saturated carbocycles. The molecule has 0 fully saturated rings. The summed E-state index contributed by atoms with van der Waals surface area (Å²) in [6.07, 6.45) is -0.0156. The van der Waals surface area contributed by atoms with Gasteiger partial charge < -0.3 is 10.3 Å². The van der Waals surface area contributed by atoms with Gasteiger partial charge in [0.05, 0.1) is 0 Å². The fraction of sp³-hybridized carbons (Fsp3) is 0.333. The lowest BCUT2D eigenvalue weighted by Crippen LogP contribution is -2.17. The number of nitrogens with zero attached hydrogens (tertiary/aromatic N) is 2. The first-order valence-corrected chi connectivity index (χ1v) is 5.53. The Kier molecular flexibility index (Phi) is 3.16. The van der Waals surface area contributed by atoms with Crippen molar-refractivity contribution in [2.75, 3.05) is 7.05 Å². The third-order valence-corrected chi connectivity index (χ3v) is 3.24. The van der Waals surface area contributed by atoms with Crippen LogP contribution in [0, 0.1) is 0 Å². The molecule has 2 rings (SSSR count). The molecule has 1 atom stereocenters. The maximum atomic E-state index is 12.4. The van der Waals surface area contributed by atoms with Crippen LogP contribution in [0.3, 0.4) is 0 Å². The third kappa shape index (κ3) is 2.47. The van der Waals surface area contributed by atoms with Gasteiger partial charge in [-0.2, -0.15) is 13.2 Å². The van der Waals surface area contributed by atoms with E-state index in [1.165, 1.54) is 6.20 Å². The molecule has 0 radical (unpaired) electrons. The van der Waals surface area contributed by atoms with Gasteiger partial charge in [-0.05, 0) is 7.05 Å². The Labute approximate surface area is 98.9 Å². The molecule has 0 amide bonds. The SMILES string of the molecule is CNC(c1ncc[nH]1)c1cnc(C(F)(F)F)s1. The van der Waals surface area contributed by atoms with Gasteiger partial charge in [-0.15, -0.1) is 11.3 Å². The number of aromatic amines is 1. The molecule has 17 heavy (non-hydrogen) atoms. The molecule has 2 heterocycles. The Bertz CT molecular complexity index is 477. The quantitative estimate of drug-likeness (QED) is 0.891. The van der Waals surface area contributed by atoms with Gasteiger partial charge in [-0.1, -0.05) is 0 Å². The van der Waals surface area contributed by atoms with Crippen molar-refractivity contribution in [3.05, 3.63) is 34.3 Å². The van der Waals surface area contributed by atoms with Crippen LogP contribution in [0.25, 0.3) is 0 Å². The summed E-state index contributed by atoms with van der Waals surface area (Å²) in [4.78, 5) is 10.7. The van der Waals surface area contributed by atoms with Crippen LogP contribution in [0.15, 0.2) is 18.6 Å². The molecule has 2 N–H and O–H groups in total. The molecule has 2 aromatic heterocycles. The molecule has 0 spiro atoms. The van der Waals surface area contributed by atoms with Gasteiger partial charge in [-0.25, -0.2) is 9.97 Å². The first kappa shape index (κ1) is 12.1. The van der Waals surface area contributed by atoms with Crippen molar-refractivity contribution in [1.82, 2.24) is 20.3 Å². The smallest absolute Gasteiger partial charge is 0.347 e. The van der Waals surface area contributed by atoms with Crippen molar-refractivity contribution in [1.29, 1.82) is 0 Å². The van der Waals surface area contributed by atoms with Crippen LogP contribution in [-0.4, -0.2) is 22.0 Å². The molecule has 1 unspecified atom stereocenters. The van der Waals surface area contributed by atoms with E-state index in [0.29, 0.717) is 22.0 Å². The van der Waals surface area contributed by atoms with E-state index in [1.54, 1.807) is 19.4 Å². The zero-order valence-electron chi connectivity index (χ0n) is 8.75. The highest BCUT2D eigenvalue weighted by atomic mass is 32.1. The van der Waals surface area contributed by atoms with E-state index in [9.17, 15) is 13.2 Å². The van der Waals surface area contributed by atoms with Crippen LogP contribution in [0.4, 0.5) is 13.2 Å². The van der Waals surface area contributed by atoms with Crippen LogP contribution in [0.2, 0.25) is 0 Å². The lowest BCUT2D eigenvalue weighted by atomic mass is 10.2. The van der Waals surface area contributed by atoms with Crippen molar-refractivity contribution in [3.8, 4) is 0 Å². The Hall–Kier alpha value is -1.41. The van der Waals surface area contributed by atoms with Crippen LogP contribution >= 0.6 is 11.3 Å². The predicted octanol–water partition coefficient (Wildman–Crippen LogP) is 2.19. The average Bonchev–Trinajstić information content (AvgIpc) is 2.87. The minimum Gasteiger partial charge on any atom is -0.347 e. The summed E-state index contributed by atoms with van der Waals surface area (Å²) in [5, 5.41) is 2.05. The number of thiazole rings is 1. The van der Waals surface area contributed by atoms with Crippen LogP contribution in [0.1, 0.15) is 21.8 Å². The van der Waals surface area contributed by atoms with Gasteiger partial charge in [0.25, 0.3) is 0 Å². The molecule has 2 aromatic rings. The Morgan fingerprint density at radius 2 is 2.18 bits per heavy atom. The molecule has 0 bridgehead atoms. The number of hydrogen-bond donors (Lipinski definition) is 2. The largest absolute Gasteiger partial charge is 0.443 e.